The molecule has 2 heteroatoms. The minimum Gasteiger partial charge on any atom is -0.298 e. The molecule has 2 aliphatic heterocycles. The molecule has 2 fully saturated rings. The van der Waals surface area contributed by atoms with Gasteiger partial charge >= 0.3 is 0 Å². The monoisotopic (exact) mass is 237 g/mol. The fraction of sp³-hybridized carbons (Fsp3) is 0.933. The Bertz CT molecular complexity index is 264. The summed E-state index contributed by atoms with van der Waals surface area (Å²) >= 11 is 0. The van der Waals surface area contributed by atoms with Gasteiger partial charge in [-0.15, -0.1) is 0 Å². The van der Waals surface area contributed by atoms with Gasteiger partial charge in [0.25, 0.3) is 0 Å². The zero-order valence-electron chi connectivity index (χ0n) is 11.5. The normalized spacial score (nSPS) is 33.6. The van der Waals surface area contributed by atoms with E-state index in [4.69, 9.17) is 0 Å². The molecule has 0 aliphatic carbocycles. The van der Waals surface area contributed by atoms with Crippen molar-refractivity contribution in [2.24, 2.45) is 0 Å². The van der Waals surface area contributed by atoms with Crippen LogP contribution in [0.2, 0.25) is 0 Å². The Balaban J connectivity index is 2.04. The number of rotatable bonds is 5. The van der Waals surface area contributed by atoms with Crippen LogP contribution in [0.15, 0.2) is 0 Å². The third kappa shape index (κ3) is 2.73. The van der Waals surface area contributed by atoms with E-state index in [1.165, 1.54) is 44.9 Å². The molecule has 2 nitrogen and oxygen atoms in total. The maximum absolute atomic E-state index is 12.1. The van der Waals surface area contributed by atoms with Gasteiger partial charge in [0.2, 0.25) is 0 Å². The van der Waals surface area contributed by atoms with Crippen molar-refractivity contribution in [2.75, 3.05) is 0 Å². The Morgan fingerprint density at radius 1 is 1.18 bits per heavy atom. The van der Waals surface area contributed by atoms with Crippen LogP contribution in [-0.2, 0) is 4.79 Å². The molecule has 0 aromatic rings. The summed E-state index contributed by atoms with van der Waals surface area (Å²) in [6.45, 7) is 4.28. The van der Waals surface area contributed by atoms with Crippen molar-refractivity contribution >= 4 is 5.78 Å². The second-order valence-corrected chi connectivity index (χ2v) is 5.74. The van der Waals surface area contributed by atoms with E-state index in [0.29, 0.717) is 18.2 Å². The van der Waals surface area contributed by atoms with E-state index >= 15 is 0 Å². The Morgan fingerprint density at radius 3 is 2.71 bits per heavy atom. The van der Waals surface area contributed by atoms with Gasteiger partial charge in [0.15, 0.2) is 0 Å². The number of carbonyl (C=O) groups is 1. The van der Waals surface area contributed by atoms with E-state index < -0.39 is 0 Å². The number of fused-ring (bicyclic) bond motifs is 1. The van der Waals surface area contributed by atoms with Gasteiger partial charge < -0.3 is 0 Å². The van der Waals surface area contributed by atoms with Crippen LogP contribution in [0.3, 0.4) is 0 Å². The number of nitrogens with zero attached hydrogens (tertiary/aromatic N) is 1. The first-order chi connectivity index (χ1) is 8.27. The molecule has 0 spiro atoms. The second-order valence-electron chi connectivity index (χ2n) is 5.74. The highest BCUT2D eigenvalue weighted by molar-refractivity contribution is 5.83. The summed E-state index contributed by atoms with van der Waals surface area (Å²) in [5.41, 5.74) is 0. The van der Waals surface area contributed by atoms with Gasteiger partial charge in [0.05, 0.1) is 6.04 Å². The summed E-state index contributed by atoms with van der Waals surface area (Å²) < 4.78 is 0. The molecule has 2 heterocycles. The smallest absolute Gasteiger partial charge is 0.149 e. The molecule has 2 saturated heterocycles. The van der Waals surface area contributed by atoms with Crippen molar-refractivity contribution < 1.29 is 4.79 Å². The largest absolute Gasteiger partial charge is 0.298 e. The fourth-order valence-corrected chi connectivity index (χ4v) is 3.78. The summed E-state index contributed by atoms with van der Waals surface area (Å²) in [6.07, 6.45) is 11.0. The first-order valence-electron chi connectivity index (χ1n) is 7.58. The number of carbonyl (C=O) groups excluding carboxylic acids is 1. The lowest BCUT2D eigenvalue weighted by atomic mass is 9.92. The fourth-order valence-electron chi connectivity index (χ4n) is 3.78. The van der Waals surface area contributed by atoms with Crippen LogP contribution < -0.4 is 0 Å². The first-order valence-corrected chi connectivity index (χ1v) is 7.58. The van der Waals surface area contributed by atoms with Crippen molar-refractivity contribution in [2.45, 2.75) is 89.8 Å². The maximum atomic E-state index is 12.1. The summed E-state index contributed by atoms with van der Waals surface area (Å²) in [7, 11) is 0. The molecular formula is C15H27NO. The molecule has 0 radical (unpaired) electrons. The Labute approximate surface area is 106 Å². The van der Waals surface area contributed by atoms with Crippen LogP contribution in [0, 0.1) is 0 Å². The third-order valence-corrected chi connectivity index (χ3v) is 4.66. The predicted octanol–water partition coefficient (Wildman–Crippen LogP) is 3.54. The topological polar surface area (TPSA) is 20.3 Å². The molecule has 0 aromatic heterocycles. The molecule has 0 amide bonds. The van der Waals surface area contributed by atoms with Crippen molar-refractivity contribution in [1.82, 2.24) is 4.90 Å². The predicted molar refractivity (Wildman–Crippen MR) is 71.1 cm³/mol. The van der Waals surface area contributed by atoms with E-state index in [1.54, 1.807) is 0 Å². The molecule has 3 atom stereocenters. The Kier molecular flexibility index (Phi) is 4.61. The van der Waals surface area contributed by atoms with Crippen LogP contribution in [0.25, 0.3) is 0 Å². The lowest BCUT2D eigenvalue weighted by Crippen LogP contribution is -2.50. The highest BCUT2D eigenvalue weighted by Crippen LogP contribution is 2.37. The number of Topliss-reactive ketones (excluding diaryl/α,β-unsaturated/α-hetero) is 1. The van der Waals surface area contributed by atoms with Gasteiger partial charge in [-0.1, -0.05) is 26.7 Å². The van der Waals surface area contributed by atoms with Crippen LogP contribution in [0.4, 0.5) is 0 Å². The number of ketones is 1. The van der Waals surface area contributed by atoms with Crippen molar-refractivity contribution in [3.63, 3.8) is 0 Å². The third-order valence-electron chi connectivity index (χ3n) is 4.66. The minimum atomic E-state index is 0.267. The van der Waals surface area contributed by atoms with E-state index in [0.717, 1.165) is 12.5 Å². The van der Waals surface area contributed by atoms with Crippen LogP contribution in [-0.4, -0.2) is 28.8 Å². The first kappa shape index (κ1) is 13.1. The van der Waals surface area contributed by atoms with Crippen LogP contribution >= 0.6 is 0 Å². The molecule has 2 aliphatic rings. The zero-order chi connectivity index (χ0) is 12.3. The molecular weight excluding hydrogens is 210 g/mol. The Morgan fingerprint density at radius 2 is 2.00 bits per heavy atom. The molecule has 98 valence electrons. The summed E-state index contributed by atoms with van der Waals surface area (Å²) in [6, 6.07) is 1.70. The molecule has 0 N–H and O–H groups in total. The van der Waals surface area contributed by atoms with Gasteiger partial charge in [-0.25, -0.2) is 0 Å². The van der Waals surface area contributed by atoms with Crippen LogP contribution in [0.1, 0.15) is 71.6 Å². The highest BCUT2D eigenvalue weighted by atomic mass is 16.1. The Hall–Kier alpha value is -0.370. The van der Waals surface area contributed by atoms with Gasteiger partial charge in [0.1, 0.15) is 5.78 Å². The van der Waals surface area contributed by atoms with E-state index in [1.807, 2.05) is 6.92 Å². The van der Waals surface area contributed by atoms with Gasteiger partial charge in [-0.3, -0.25) is 9.69 Å². The lowest BCUT2D eigenvalue weighted by Gasteiger charge is -2.40. The molecule has 0 saturated carbocycles. The van der Waals surface area contributed by atoms with Crippen molar-refractivity contribution in [3.05, 3.63) is 0 Å². The maximum Gasteiger partial charge on any atom is 0.149 e. The molecule has 0 bridgehead atoms. The second kappa shape index (κ2) is 5.99. The molecule has 2 rings (SSSR count). The number of unbranched alkanes of at least 4 members (excludes halogenated alkanes) is 1. The summed E-state index contributed by atoms with van der Waals surface area (Å²) in [5, 5.41) is 0. The number of hydrogen-bond donors (Lipinski definition) is 0. The van der Waals surface area contributed by atoms with Gasteiger partial charge in [-0.05, 0) is 38.5 Å². The quantitative estimate of drug-likeness (QED) is 0.729. The van der Waals surface area contributed by atoms with E-state index in [2.05, 4.69) is 11.8 Å². The van der Waals surface area contributed by atoms with Crippen LogP contribution in [0.5, 0.6) is 0 Å². The number of hydrogen-bond acceptors (Lipinski definition) is 2. The number of piperidine rings is 1. The SMILES string of the molecule is CCCC[C@H]1CC[C@@H]2CCC[C@H](C(=O)CC)N12. The summed E-state index contributed by atoms with van der Waals surface area (Å²) in [4.78, 5) is 14.7. The van der Waals surface area contributed by atoms with Gasteiger partial charge in [0, 0.05) is 18.5 Å². The van der Waals surface area contributed by atoms with Crippen molar-refractivity contribution in [1.29, 1.82) is 0 Å². The average molecular weight is 237 g/mol. The van der Waals surface area contributed by atoms with E-state index in [-0.39, 0.29) is 6.04 Å². The van der Waals surface area contributed by atoms with Gasteiger partial charge in [-0.2, -0.15) is 0 Å². The average Bonchev–Trinajstić information content (AvgIpc) is 2.78. The molecule has 17 heavy (non-hydrogen) atoms. The van der Waals surface area contributed by atoms with Crippen molar-refractivity contribution in [3.8, 4) is 0 Å². The molecule has 0 aromatic carbocycles. The lowest BCUT2D eigenvalue weighted by molar-refractivity contribution is -0.126. The van der Waals surface area contributed by atoms with E-state index in [9.17, 15) is 4.79 Å². The standard InChI is InChI=1S/C15H27NO/c1-3-5-7-12-10-11-13-8-6-9-14(16(12)13)15(17)4-2/h12-14H,3-11H2,1-2H3/t12-,13-,14+/m0/s1. The summed E-state index contributed by atoms with van der Waals surface area (Å²) in [5.74, 6) is 0.484. The highest BCUT2D eigenvalue weighted by Gasteiger charge is 2.41. The molecule has 0 unspecified atom stereocenters. The zero-order valence-corrected chi connectivity index (χ0v) is 11.5. The minimum absolute atomic E-state index is 0.267.